The Kier molecular flexibility index (Phi) is 3.66. The van der Waals surface area contributed by atoms with Crippen molar-refractivity contribution in [1.82, 2.24) is 15.2 Å². The minimum Gasteiger partial charge on any atom is -0.370 e. The molecular weight excluding hydrogens is 252 g/mol. The maximum atomic E-state index is 11.7. The number of aromatic nitrogens is 1. The number of guanidine groups is 1. The highest BCUT2D eigenvalue weighted by Gasteiger charge is 2.23. The largest absolute Gasteiger partial charge is 0.370 e. The second-order valence-electron chi connectivity index (χ2n) is 3.93. The quantitative estimate of drug-likeness (QED) is 0.463. The Morgan fingerprint density at radius 3 is 3.11 bits per heavy atom. The molecule has 0 bridgehead atoms. The van der Waals surface area contributed by atoms with E-state index in [-0.39, 0.29) is 12.0 Å². The molecule has 2 heterocycles. The van der Waals surface area contributed by atoms with Gasteiger partial charge < -0.3 is 21.3 Å². The number of hydrogen-bond acceptors (Lipinski definition) is 4. The zero-order valence-corrected chi connectivity index (χ0v) is 10.9. The first kappa shape index (κ1) is 12.6. The number of amides is 2. The Balaban J connectivity index is 2.07. The van der Waals surface area contributed by atoms with Crippen molar-refractivity contribution in [3.8, 4) is 0 Å². The fourth-order valence-electron chi connectivity index (χ4n) is 1.80. The van der Waals surface area contributed by atoms with E-state index in [2.05, 4.69) is 15.6 Å². The SMILES string of the molecule is CCNC(=O)N1CCc2nc(NC(=N)N)sc2C1. The molecule has 0 saturated carbocycles. The molecule has 8 heteroatoms. The molecule has 0 spiro atoms. The third kappa shape index (κ3) is 2.70. The van der Waals surface area contributed by atoms with Crippen LogP contribution in [0.1, 0.15) is 17.5 Å². The minimum absolute atomic E-state index is 0.0439. The summed E-state index contributed by atoms with van der Waals surface area (Å²) in [6.45, 7) is 3.76. The van der Waals surface area contributed by atoms with Gasteiger partial charge in [0.1, 0.15) is 0 Å². The molecule has 1 aliphatic rings. The van der Waals surface area contributed by atoms with Gasteiger partial charge in [-0.2, -0.15) is 0 Å². The van der Waals surface area contributed by atoms with Gasteiger partial charge in [-0.15, -0.1) is 0 Å². The van der Waals surface area contributed by atoms with Gasteiger partial charge in [0, 0.05) is 24.4 Å². The third-order valence-electron chi connectivity index (χ3n) is 2.59. The predicted molar refractivity (Wildman–Crippen MR) is 70.8 cm³/mol. The summed E-state index contributed by atoms with van der Waals surface area (Å²) in [5.74, 6) is -0.123. The molecule has 98 valence electrons. The van der Waals surface area contributed by atoms with E-state index in [0.717, 1.165) is 17.0 Å². The Morgan fingerprint density at radius 2 is 2.44 bits per heavy atom. The molecule has 0 aromatic carbocycles. The van der Waals surface area contributed by atoms with Crippen LogP contribution >= 0.6 is 11.3 Å². The van der Waals surface area contributed by atoms with Crippen LogP contribution in [0.4, 0.5) is 9.93 Å². The van der Waals surface area contributed by atoms with E-state index in [4.69, 9.17) is 11.1 Å². The molecule has 0 aliphatic carbocycles. The standard InChI is InChI=1S/C10H16N6OS/c1-2-13-10(17)16-4-3-6-7(5-16)18-9(14-6)15-8(11)12/h2-5H2,1H3,(H,13,17)(H4,11,12,14,15). The molecule has 5 N–H and O–H groups in total. The molecule has 2 rings (SSSR count). The number of urea groups is 1. The number of carbonyl (C=O) groups excluding carboxylic acids is 1. The Hall–Kier alpha value is -1.83. The first-order valence-electron chi connectivity index (χ1n) is 5.72. The van der Waals surface area contributed by atoms with Crippen LogP contribution in [0.25, 0.3) is 0 Å². The van der Waals surface area contributed by atoms with Crippen molar-refractivity contribution in [1.29, 1.82) is 5.41 Å². The van der Waals surface area contributed by atoms with Gasteiger partial charge in [-0.25, -0.2) is 9.78 Å². The molecule has 0 unspecified atom stereocenters. The van der Waals surface area contributed by atoms with E-state index in [0.29, 0.717) is 24.8 Å². The first-order valence-corrected chi connectivity index (χ1v) is 6.54. The topological polar surface area (TPSA) is 107 Å². The van der Waals surface area contributed by atoms with Crippen LogP contribution in [0.3, 0.4) is 0 Å². The van der Waals surface area contributed by atoms with Crippen LogP contribution in [0.5, 0.6) is 0 Å². The van der Waals surface area contributed by atoms with Crippen molar-refractivity contribution in [3.63, 3.8) is 0 Å². The Labute approximate surface area is 109 Å². The molecule has 1 aromatic heterocycles. The van der Waals surface area contributed by atoms with Crippen LogP contribution in [0, 0.1) is 5.41 Å². The Bertz CT molecular complexity index is 471. The van der Waals surface area contributed by atoms with Gasteiger partial charge in [-0.3, -0.25) is 5.41 Å². The fraction of sp³-hybridized carbons (Fsp3) is 0.500. The van der Waals surface area contributed by atoms with E-state index in [9.17, 15) is 4.79 Å². The maximum absolute atomic E-state index is 11.7. The van der Waals surface area contributed by atoms with Crippen molar-refractivity contribution < 1.29 is 4.79 Å². The predicted octanol–water partition coefficient (Wildman–Crippen LogP) is 0.536. The molecule has 2 amide bonds. The highest BCUT2D eigenvalue weighted by atomic mass is 32.1. The minimum atomic E-state index is -0.123. The molecule has 0 fully saturated rings. The summed E-state index contributed by atoms with van der Waals surface area (Å²) in [4.78, 5) is 18.9. The van der Waals surface area contributed by atoms with Crippen molar-refractivity contribution in [2.24, 2.45) is 5.73 Å². The summed E-state index contributed by atoms with van der Waals surface area (Å²) >= 11 is 1.44. The number of fused-ring (bicyclic) bond motifs is 1. The van der Waals surface area contributed by atoms with Crippen molar-refractivity contribution in [3.05, 3.63) is 10.6 Å². The summed E-state index contributed by atoms with van der Waals surface area (Å²) in [6.07, 6.45) is 0.739. The van der Waals surface area contributed by atoms with Crippen LogP contribution < -0.4 is 16.4 Å². The van der Waals surface area contributed by atoms with Gasteiger partial charge in [-0.05, 0) is 6.92 Å². The van der Waals surface area contributed by atoms with Crippen molar-refractivity contribution in [2.45, 2.75) is 19.9 Å². The summed E-state index contributed by atoms with van der Waals surface area (Å²) in [5.41, 5.74) is 6.25. The van der Waals surface area contributed by atoms with Crippen LogP contribution in [-0.2, 0) is 13.0 Å². The van der Waals surface area contributed by atoms with Gasteiger partial charge in [0.25, 0.3) is 0 Å². The zero-order chi connectivity index (χ0) is 13.1. The lowest BCUT2D eigenvalue weighted by Gasteiger charge is -2.25. The van der Waals surface area contributed by atoms with Gasteiger partial charge in [0.2, 0.25) is 0 Å². The Morgan fingerprint density at radius 1 is 1.67 bits per heavy atom. The number of carbonyl (C=O) groups is 1. The number of anilines is 1. The monoisotopic (exact) mass is 268 g/mol. The lowest BCUT2D eigenvalue weighted by Crippen LogP contribution is -2.42. The smallest absolute Gasteiger partial charge is 0.317 e. The summed E-state index contributed by atoms with van der Waals surface area (Å²) in [7, 11) is 0. The van der Waals surface area contributed by atoms with E-state index in [1.54, 1.807) is 4.90 Å². The van der Waals surface area contributed by atoms with Crippen LogP contribution in [0.15, 0.2) is 0 Å². The number of hydrogen-bond donors (Lipinski definition) is 4. The average molecular weight is 268 g/mol. The van der Waals surface area contributed by atoms with Crippen molar-refractivity contribution in [2.75, 3.05) is 18.4 Å². The summed E-state index contributed by atoms with van der Waals surface area (Å²) < 4.78 is 0. The molecule has 7 nitrogen and oxygen atoms in total. The molecule has 0 radical (unpaired) electrons. The molecule has 18 heavy (non-hydrogen) atoms. The fourth-order valence-corrected chi connectivity index (χ4v) is 2.84. The van der Waals surface area contributed by atoms with Crippen molar-refractivity contribution >= 4 is 28.5 Å². The highest BCUT2D eigenvalue weighted by Crippen LogP contribution is 2.28. The van der Waals surface area contributed by atoms with Crippen LogP contribution in [-0.4, -0.2) is 35.0 Å². The second kappa shape index (κ2) is 5.21. The molecular formula is C10H16N6OS. The maximum Gasteiger partial charge on any atom is 0.317 e. The number of thiazole rings is 1. The number of nitrogens with one attached hydrogen (secondary N) is 3. The zero-order valence-electron chi connectivity index (χ0n) is 10.1. The molecule has 1 aromatic rings. The molecule has 1 aliphatic heterocycles. The van der Waals surface area contributed by atoms with E-state index in [1.807, 2.05) is 6.92 Å². The van der Waals surface area contributed by atoms with Gasteiger partial charge in [0.15, 0.2) is 11.1 Å². The van der Waals surface area contributed by atoms with Gasteiger partial charge in [0.05, 0.1) is 12.2 Å². The van der Waals surface area contributed by atoms with Crippen LogP contribution in [0.2, 0.25) is 0 Å². The molecule has 0 saturated heterocycles. The number of nitrogens with two attached hydrogens (primary N) is 1. The average Bonchev–Trinajstić information content (AvgIpc) is 2.69. The summed E-state index contributed by atoms with van der Waals surface area (Å²) in [6, 6.07) is -0.0439. The normalized spacial score (nSPS) is 13.9. The van der Waals surface area contributed by atoms with Gasteiger partial charge in [-0.1, -0.05) is 11.3 Å². The third-order valence-corrected chi connectivity index (χ3v) is 3.59. The lowest BCUT2D eigenvalue weighted by molar-refractivity contribution is 0.193. The number of nitrogens with zero attached hydrogens (tertiary/aromatic N) is 2. The van der Waals surface area contributed by atoms with E-state index >= 15 is 0 Å². The highest BCUT2D eigenvalue weighted by molar-refractivity contribution is 7.15. The van der Waals surface area contributed by atoms with E-state index in [1.165, 1.54) is 11.3 Å². The second-order valence-corrected chi connectivity index (χ2v) is 5.02. The summed E-state index contributed by atoms with van der Waals surface area (Å²) in [5, 5.41) is 13.2. The lowest BCUT2D eigenvalue weighted by atomic mass is 10.2. The molecule has 0 atom stereocenters. The van der Waals surface area contributed by atoms with E-state index < -0.39 is 0 Å². The first-order chi connectivity index (χ1) is 8.60. The number of rotatable bonds is 2. The van der Waals surface area contributed by atoms with Gasteiger partial charge >= 0.3 is 6.03 Å².